The van der Waals surface area contributed by atoms with Crippen LogP contribution in [0.2, 0.25) is 0 Å². The number of hydrogen-bond acceptors (Lipinski definition) is 5. The van der Waals surface area contributed by atoms with Crippen LogP contribution in [-0.4, -0.2) is 64.7 Å². The van der Waals surface area contributed by atoms with Crippen LogP contribution in [0, 0.1) is 12.7 Å². The van der Waals surface area contributed by atoms with Gasteiger partial charge in [0, 0.05) is 73.9 Å². The number of aryl methyl sites for hydroxylation is 1. The number of aromatic amines is 1. The quantitative estimate of drug-likeness (QED) is 0.706. The third kappa shape index (κ3) is 3.77. The first-order valence-electron chi connectivity index (χ1n) is 11.0. The molecule has 2 N–H and O–H groups in total. The van der Waals surface area contributed by atoms with Crippen LogP contribution in [0.25, 0.3) is 0 Å². The number of H-pyrrole nitrogens is 1. The maximum Gasteiger partial charge on any atom is 0.255 e. The third-order valence-electron chi connectivity index (χ3n) is 6.60. The van der Waals surface area contributed by atoms with Crippen molar-refractivity contribution in [2.45, 2.75) is 38.9 Å². The van der Waals surface area contributed by atoms with Crippen LogP contribution >= 0.6 is 0 Å². The summed E-state index contributed by atoms with van der Waals surface area (Å²) in [6, 6.07) is 6.20. The highest BCUT2D eigenvalue weighted by Crippen LogP contribution is 2.35. The standard InChI is InChI=1S/C23H26FN5O3/c1-14-2-3-16(25-14)12-27-6-8-28(9-7-27)20-11-15(24)10-17-18(20)13-29(23(17)32)19-4-5-21(30)26-22(19)31/h2-3,10-11,19,25H,4-9,12-13H2,1H3,(H,26,30,31). The summed E-state index contributed by atoms with van der Waals surface area (Å²) in [6.07, 6.45) is 0.485. The van der Waals surface area contributed by atoms with Gasteiger partial charge in [-0.25, -0.2) is 4.39 Å². The number of carbonyl (C=O) groups excluding carboxylic acids is 3. The Morgan fingerprint density at radius 3 is 2.56 bits per heavy atom. The first kappa shape index (κ1) is 20.7. The fourth-order valence-electron chi connectivity index (χ4n) is 4.93. The van der Waals surface area contributed by atoms with Crippen molar-refractivity contribution in [1.29, 1.82) is 0 Å². The Labute approximate surface area is 185 Å². The highest BCUT2D eigenvalue weighted by molar-refractivity contribution is 6.06. The number of fused-ring (bicyclic) bond motifs is 1. The van der Waals surface area contributed by atoms with Gasteiger partial charge in [-0.3, -0.25) is 24.6 Å². The third-order valence-corrected chi connectivity index (χ3v) is 6.60. The Kier molecular flexibility index (Phi) is 5.21. The molecule has 5 rings (SSSR count). The molecule has 0 radical (unpaired) electrons. The van der Waals surface area contributed by atoms with E-state index >= 15 is 0 Å². The molecule has 9 heteroatoms. The lowest BCUT2D eigenvalue weighted by Crippen LogP contribution is -2.52. The number of rotatable bonds is 4. The van der Waals surface area contributed by atoms with E-state index in [2.05, 4.69) is 32.2 Å². The van der Waals surface area contributed by atoms with Crippen LogP contribution in [0.4, 0.5) is 10.1 Å². The topological polar surface area (TPSA) is 88.8 Å². The van der Waals surface area contributed by atoms with E-state index in [9.17, 15) is 18.8 Å². The van der Waals surface area contributed by atoms with Gasteiger partial charge in [-0.15, -0.1) is 0 Å². The predicted molar refractivity (Wildman–Crippen MR) is 115 cm³/mol. The highest BCUT2D eigenvalue weighted by Gasteiger charge is 2.41. The lowest BCUT2D eigenvalue weighted by molar-refractivity contribution is -0.136. The molecule has 4 heterocycles. The van der Waals surface area contributed by atoms with E-state index in [1.54, 1.807) is 0 Å². The average molecular weight is 439 g/mol. The van der Waals surface area contributed by atoms with Crippen molar-refractivity contribution in [2.24, 2.45) is 0 Å². The van der Waals surface area contributed by atoms with Crippen LogP contribution in [0.15, 0.2) is 24.3 Å². The summed E-state index contributed by atoms with van der Waals surface area (Å²) in [5.41, 5.74) is 4.11. The molecule has 1 aromatic heterocycles. The monoisotopic (exact) mass is 439 g/mol. The Morgan fingerprint density at radius 1 is 1.09 bits per heavy atom. The molecule has 32 heavy (non-hydrogen) atoms. The minimum atomic E-state index is -0.704. The van der Waals surface area contributed by atoms with Crippen molar-refractivity contribution < 1.29 is 18.8 Å². The van der Waals surface area contributed by atoms with Gasteiger partial charge in [-0.2, -0.15) is 0 Å². The van der Waals surface area contributed by atoms with E-state index < -0.39 is 17.8 Å². The average Bonchev–Trinajstić information content (AvgIpc) is 3.31. The number of nitrogens with zero attached hydrogens (tertiary/aromatic N) is 3. The van der Waals surface area contributed by atoms with Crippen LogP contribution in [-0.2, 0) is 22.7 Å². The second kappa shape index (κ2) is 8.05. The summed E-state index contributed by atoms with van der Waals surface area (Å²) < 4.78 is 14.5. The maximum atomic E-state index is 14.5. The first-order valence-corrected chi connectivity index (χ1v) is 11.0. The number of amides is 3. The zero-order valence-corrected chi connectivity index (χ0v) is 18.0. The van der Waals surface area contributed by atoms with E-state index in [0.29, 0.717) is 12.0 Å². The zero-order chi connectivity index (χ0) is 22.4. The molecule has 3 aliphatic rings. The molecular formula is C23H26FN5O3. The molecule has 1 atom stereocenters. The van der Waals surface area contributed by atoms with Gasteiger partial charge in [0.2, 0.25) is 11.8 Å². The number of halogens is 1. The second-order valence-electron chi connectivity index (χ2n) is 8.78. The van der Waals surface area contributed by atoms with Crippen molar-refractivity contribution in [1.82, 2.24) is 20.1 Å². The van der Waals surface area contributed by atoms with Gasteiger partial charge in [0.05, 0.1) is 0 Å². The molecule has 2 aromatic rings. The molecule has 2 fully saturated rings. The number of carbonyl (C=O) groups is 3. The number of aromatic nitrogens is 1. The summed E-state index contributed by atoms with van der Waals surface area (Å²) in [4.78, 5) is 46.1. The largest absolute Gasteiger partial charge is 0.369 e. The normalized spacial score (nSPS) is 21.8. The van der Waals surface area contributed by atoms with Crippen LogP contribution in [0.5, 0.6) is 0 Å². The van der Waals surface area contributed by atoms with E-state index in [1.807, 2.05) is 6.92 Å². The van der Waals surface area contributed by atoms with Gasteiger partial charge in [0.1, 0.15) is 11.9 Å². The molecule has 0 saturated carbocycles. The Morgan fingerprint density at radius 2 is 1.88 bits per heavy atom. The minimum Gasteiger partial charge on any atom is -0.369 e. The number of nitrogens with one attached hydrogen (secondary N) is 2. The van der Waals surface area contributed by atoms with E-state index in [-0.39, 0.29) is 24.8 Å². The number of anilines is 1. The van der Waals surface area contributed by atoms with Gasteiger partial charge in [-0.1, -0.05) is 0 Å². The molecule has 2 saturated heterocycles. The summed E-state index contributed by atoms with van der Waals surface area (Å²) in [5.74, 6) is -1.59. The van der Waals surface area contributed by atoms with Crippen molar-refractivity contribution in [3.63, 3.8) is 0 Å². The molecule has 0 bridgehead atoms. The molecule has 1 unspecified atom stereocenters. The molecule has 3 aliphatic heterocycles. The lowest BCUT2D eigenvalue weighted by atomic mass is 10.0. The maximum absolute atomic E-state index is 14.5. The molecule has 3 amide bonds. The van der Waals surface area contributed by atoms with Crippen molar-refractivity contribution in [2.75, 3.05) is 31.1 Å². The Bertz CT molecular complexity index is 1090. The van der Waals surface area contributed by atoms with Gasteiger partial charge in [0.25, 0.3) is 5.91 Å². The van der Waals surface area contributed by atoms with Crippen molar-refractivity contribution in [3.05, 3.63) is 52.6 Å². The summed E-state index contributed by atoms with van der Waals surface area (Å²) >= 11 is 0. The fourth-order valence-corrected chi connectivity index (χ4v) is 4.93. The SMILES string of the molecule is Cc1ccc(CN2CCN(c3cc(F)cc4c3CN(C3CCC(=O)NC3=O)C4=O)CC2)[nH]1. The van der Waals surface area contributed by atoms with Crippen molar-refractivity contribution in [3.8, 4) is 0 Å². The minimum absolute atomic E-state index is 0.194. The van der Waals surface area contributed by atoms with Crippen LogP contribution in [0.1, 0.15) is 40.2 Å². The smallest absolute Gasteiger partial charge is 0.255 e. The molecule has 8 nitrogen and oxygen atoms in total. The number of piperidine rings is 1. The number of piperazine rings is 1. The summed E-state index contributed by atoms with van der Waals surface area (Å²) in [5, 5.41) is 2.30. The molecule has 1 aromatic carbocycles. The number of benzene rings is 1. The zero-order valence-electron chi connectivity index (χ0n) is 18.0. The lowest BCUT2D eigenvalue weighted by Gasteiger charge is -2.37. The van der Waals surface area contributed by atoms with Crippen LogP contribution in [0.3, 0.4) is 0 Å². The molecule has 0 spiro atoms. The van der Waals surface area contributed by atoms with Gasteiger partial charge < -0.3 is 14.8 Å². The first-order chi connectivity index (χ1) is 15.4. The molecule has 0 aliphatic carbocycles. The molecular weight excluding hydrogens is 413 g/mol. The predicted octanol–water partition coefficient (Wildman–Crippen LogP) is 1.55. The summed E-state index contributed by atoms with van der Waals surface area (Å²) in [6.45, 7) is 6.22. The van der Waals surface area contributed by atoms with Crippen LogP contribution < -0.4 is 10.2 Å². The van der Waals surface area contributed by atoms with E-state index in [4.69, 9.17) is 0 Å². The van der Waals surface area contributed by atoms with Gasteiger partial charge in [0.15, 0.2) is 0 Å². The number of hydrogen-bond donors (Lipinski definition) is 2. The Balaban J connectivity index is 1.32. The summed E-state index contributed by atoms with van der Waals surface area (Å²) in [7, 11) is 0. The van der Waals surface area contributed by atoms with Crippen molar-refractivity contribution >= 4 is 23.4 Å². The van der Waals surface area contributed by atoms with E-state index in [1.165, 1.54) is 22.7 Å². The fraction of sp³-hybridized carbons (Fsp3) is 0.435. The van der Waals surface area contributed by atoms with Gasteiger partial charge in [-0.05, 0) is 37.6 Å². The Hall–Kier alpha value is -3.20. The number of imide groups is 1. The van der Waals surface area contributed by atoms with E-state index in [0.717, 1.165) is 49.7 Å². The second-order valence-corrected chi connectivity index (χ2v) is 8.78. The molecule has 168 valence electrons. The highest BCUT2D eigenvalue weighted by atomic mass is 19.1. The van der Waals surface area contributed by atoms with Gasteiger partial charge >= 0.3 is 0 Å².